The average Bonchev–Trinajstić information content (AvgIpc) is 3.20. The molecule has 9 nitrogen and oxygen atoms in total. The molecular formula is C25H29N5O4. The topological polar surface area (TPSA) is 108 Å². The van der Waals surface area contributed by atoms with Gasteiger partial charge in [0.15, 0.2) is 0 Å². The normalized spacial score (nSPS) is 19.1. The Bertz CT molecular complexity index is 1080. The van der Waals surface area contributed by atoms with Gasteiger partial charge in [-0.3, -0.25) is 19.7 Å². The molecule has 34 heavy (non-hydrogen) atoms. The van der Waals surface area contributed by atoms with E-state index in [0.717, 1.165) is 31.5 Å². The second-order valence-electron chi connectivity index (χ2n) is 9.05. The zero-order valence-electron chi connectivity index (χ0n) is 19.2. The molecule has 1 atom stereocenters. The van der Waals surface area contributed by atoms with Crippen molar-refractivity contribution in [1.29, 1.82) is 0 Å². The summed E-state index contributed by atoms with van der Waals surface area (Å²) in [5, 5.41) is 15.6. The van der Waals surface area contributed by atoms with E-state index in [2.05, 4.69) is 22.4 Å². The third-order valence-corrected chi connectivity index (χ3v) is 6.54. The number of hydrogen-bond acceptors (Lipinski definition) is 6. The number of nitrogens with zero attached hydrogens (tertiary/aromatic N) is 4. The Morgan fingerprint density at radius 1 is 1.21 bits per heavy atom. The summed E-state index contributed by atoms with van der Waals surface area (Å²) in [7, 11) is 0. The maximum atomic E-state index is 12.3. The summed E-state index contributed by atoms with van der Waals surface area (Å²) in [6.45, 7) is 4.20. The lowest BCUT2D eigenvalue weighted by atomic mass is 9.98. The number of likely N-dealkylation sites (tertiary alicyclic amines) is 1. The monoisotopic (exact) mass is 463 g/mol. The zero-order chi connectivity index (χ0) is 24.1. The maximum absolute atomic E-state index is 12.3. The van der Waals surface area contributed by atoms with E-state index in [0.29, 0.717) is 30.1 Å². The third kappa shape index (κ3) is 5.59. The predicted molar refractivity (Wildman–Crippen MR) is 130 cm³/mol. The summed E-state index contributed by atoms with van der Waals surface area (Å²) < 4.78 is 0. The average molecular weight is 464 g/mol. The second kappa shape index (κ2) is 10.5. The lowest BCUT2D eigenvalue weighted by Crippen LogP contribution is -2.36. The third-order valence-electron chi connectivity index (χ3n) is 6.54. The van der Waals surface area contributed by atoms with E-state index in [1.54, 1.807) is 12.1 Å². The van der Waals surface area contributed by atoms with Gasteiger partial charge in [0.2, 0.25) is 5.91 Å². The molecule has 4 rings (SSSR count). The maximum Gasteiger partial charge on any atom is 0.293 e. The minimum Gasteiger partial charge on any atom is -0.366 e. The fourth-order valence-corrected chi connectivity index (χ4v) is 4.54. The first kappa shape index (κ1) is 23.4. The lowest BCUT2D eigenvalue weighted by molar-refractivity contribution is -0.384. The number of nitrogens with one attached hydrogen (secondary N) is 1. The Kier molecular flexibility index (Phi) is 7.20. The van der Waals surface area contributed by atoms with Gasteiger partial charge >= 0.3 is 0 Å². The van der Waals surface area contributed by atoms with Crippen molar-refractivity contribution in [2.45, 2.75) is 32.1 Å². The lowest BCUT2D eigenvalue weighted by Gasteiger charge is -2.31. The number of benzene rings is 2. The van der Waals surface area contributed by atoms with Gasteiger partial charge in [0, 0.05) is 43.6 Å². The van der Waals surface area contributed by atoms with Gasteiger partial charge in [-0.25, -0.2) is 5.43 Å². The Labute approximate surface area is 198 Å². The molecule has 2 aromatic rings. The van der Waals surface area contributed by atoms with E-state index >= 15 is 0 Å². The van der Waals surface area contributed by atoms with E-state index in [1.165, 1.54) is 17.2 Å². The molecule has 0 spiro atoms. The molecule has 1 N–H and O–H groups in total. The number of nitro benzene ring substituents is 1. The van der Waals surface area contributed by atoms with E-state index in [1.807, 2.05) is 30.3 Å². The van der Waals surface area contributed by atoms with Gasteiger partial charge in [-0.1, -0.05) is 43.3 Å². The molecule has 9 heteroatoms. The SMILES string of the molecule is CC1CCN(c2ccc(/C=N\NC(=O)CN3C[C@@H](c4ccccc4)CC3=O)cc2[N+](=O)[O-])CC1. The van der Waals surface area contributed by atoms with Gasteiger partial charge in [0.1, 0.15) is 12.2 Å². The summed E-state index contributed by atoms with van der Waals surface area (Å²) in [6.07, 6.45) is 3.79. The highest BCUT2D eigenvalue weighted by Crippen LogP contribution is 2.32. The minimum atomic E-state index is -0.410. The van der Waals surface area contributed by atoms with Crippen LogP contribution >= 0.6 is 0 Å². The molecule has 0 saturated carbocycles. The van der Waals surface area contributed by atoms with Crippen LogP contribution < -0.4 is 10.3 Å². The van der Waals surface area contributed by atoms with Gasteiger partial charge in [0.05, 0.1) is 11.1 Å². The molecule has 2 fully saturated rings. The van der Waals surface area contributed by atoms with Crippen LogP contribution in [0.4, 0.5) is 11.4 Å². The molecule has 178 valence electrons. The van der Waals surface area contributed by atoms with Gasteiger partial charge in [-0.2, -0.15) is 5.10 Å². The van der Waals surface area contributed by atoms with Gasteiger partial charge in [-0.15, -0.1) is 0 Å². The fourth-order valence-electron chi connectivity index (χ4n) is 4.54. The first-order valence-corrected chi connectivity index (χ1v) is 11.6. The van der Waals surface area contributed by atoms with Crippen molar-refractivity contribution in [3.8, 4) is 0 Å². The number of nitro groups is 1. The first-order valence-electron chi connectivity index (χ1n) is 11.6. The molecule has 0 unspecified atom stereocenters. The number of hydrazone groups is 1. The minimum absolute atomic E-state index is 0.0273. The van der Waals surface area contributed by atoms with E-state index in [-0.39, 0.29) is 29.0 Å². The summed E-state index contributed by atoms with van der Waals surface area (Å²) >= 11 is 0. The standard InChI is InChI=1S/C25H29N5O4/c1-18-9-11-28(12-10-18)22-8-7-19(13-23(22)30(33)34)15-26-27-24(31)17-29-16-21(14-25(29)32)20-5-3-2-4-6-20/h2-8,13,15,18,21H,9-12,14,16-17H2,1H3,(H,27,31)/b26-15-/t21-/m0/s1. The highest BCUT2D eigenvalue weighted by Gasteiger charge is 2.31. The number of rotatable bonds is 7. The summed E-state index contributed by atoms with van der Waals surface area (Å²) in [6, 6.07) is 14.7. The first-order chi connectivity index (χ1) is 16.4. The van der Waals surface area contributed by atoms with Crippen LogP contribution in [-0.2, 0) is 9.59 Å². The highest BCUT2D eigenvalue weighted by molar-refractivity contribution is 5.88. The molecular weight excluding hydrogens is 434 g/mol. The van der Waals surface area contributed by atoms with Crippen LogP contribution in [0.15, 0.2) is 53.6 Å². The predicted octanol–water partition coefficient (Wildman–Crippen LogP) is 3.30. The van der Waals surface area contributed by atoms with Crippen molar-refractivity contribution >= 4 is 29.4 Å². The summed E-state index contributed by atoms with van der Waals surface area (Å²) in [5.41, 5.74) is 4.66. The Hall–Kier alpha value is -3.75. The van der Waals surface area contributed by atoms with Gasteiger partial charge in [0.25, 0.3) is 11.6 Å². The van der Waals surface area contributed by atoms with E-state index in [4.69, 9.17) is 0 Å². The molecule has 0 radical (unpaired) electrons. The van der Waals surface area contributed by atoms with Crippen molar-refractivity contribution in [2.75, 3.05) is 31.1 Å². The van der Waals surface area contributed by atoms with Crippen molar-refractivity contribution < 1.29 is 14.5 Å². The number of anilines is 1. The Morgan fingerprint density at radius 2 is 1.94 bits per heavy atom. The number of carbonyl (C=O) groups is 2. The summed E-state index contributed by atoms with van der Waals surface area (Å²) in [4.78, 5) is 39.5. The van der Waals surface area contributed by atoms with Crippen LogP contribution in [-0.4, -0.2) is 54.0 Å². The molecule has 2 aromatic carbocycles. The molecule has 2 aliphatic rings. The van der Waals surface area contributed by atoms with Crippen LogP contribution in [0, 0.1) is 16.0 Å². The van der Waals surface area contributed by atoms with Crippen molar-refractivity contribution in [2.24, 2.45) is 11.0 Å². The molecule has 2 saturated heterocycles. The molecule has 0 bridgehead atoms. The van der Waals surface area contributed by atoms with E-state index in [9.17, 15) is 19.7 Å². The molecule has 2 amide bonds. The number of carbonyl (C=O) groups excluding carboxylic acids is 2. The highest BCUT2D eigenvalue weighted by atomic mass is 16.6. The van der Waals surface area contributed by atoms with Crippen LogP contribution in [0.25, 0.3) is 0 Å². The van der Waals surface area contributed by atoms with Gasteiger partial charge in [-0.05, 0) is 30.4 Å². The van der Waals surface area contributed by atoms with E-state index < -0.39 is 5.91 Å². The second-order valence-corrected chi connectivity index (χ2v) is 9.05. The quantitative estimate of drug-likeness (QED) is 0.385. The molecule has 2 aliphatic heterocycles. The Balaban J connectivity index is 1.34. The van der Waals surface area contributed by atoms with Crippen molar-refractivity contribution in [3.63, 3.8) is 0 Å². The van der Waals surface area contributed by atoms with Crippen molar-refractivity contribution in [3.05, 3.63) is 69.8 Å². The number of piperidine rings is 1. The van der Waals surface area contributed by atoms with Crippen LogP contribution in [0.1, 0.15) is 43.2 Å². The number of hydrogen-bond donors (Lipinski definition) is 1. The largest absolute Gasteiger partial charge is 0.366 e. The zero-order valence-corrected chi connectivity index (χ0v) is 19.2. The molecule has 2 heterocycles. The molecule has 0 aliphatic carbocycles. The molecule has 0 aromatic heterocycles. The van der Waals surface area contributed by atoms with Crippen LogP contribution in [0.3, 0.4) is 0 Å². The smallest absolute Gasteiger partial charge is 0.293 e. The Morgan fingerprint density at radius 3 is 2.65 bits per heavy atom. The summed E-state index contributed by atoms with van der Waals surface area (Å²) in [5.74, 6) is 0.232. The van der Waals surface area contributed by atoms with Crippen molar-refractivity contribution in [1.82, 2.24) is 10.3 Å². The van der Waals surface area contributed by atoms with Crippen LogP contribution in [0.2, 0.25) is 0 Å². The van der Waals surface area contributed by atoms with Crippen LogP contribution in [0.5, 0.6) is 0 Å². The number of amides is 2. The fraction of sp³-hybridized carbons (Fsp3) is 0.400. The van der Waals surface area contributed by atoms with Gasteiger partial charge < -0.3 is 9.80 Å².